The number of hydrogen-bond acceptors (Lipinski definition) is 3. The summed E-state index contributed by atoms with van der Waals surface area (Å²) >= 11 is 3.39. The molecule has 3 rings (SSSR count). The summed E-state index contributed by atoms with van der Waals surface area (Å²) in [6.45, 7) is 2.06. The SMILES string of the molecule is CCc1occc1-c1nc2ncc(Br)cc2[nH]1. The van der Waals surface area contributed by atoms with Gasteiger partial charge in [0.25, 0.3) is 0 Å². The second kappa shape index (κ2) is 4.00. The summed E-state index contributed by atoms with van der Waals surface area (Å²) in [6, 6.07) is 3.89. The molecule has 4 nitrogen and oxygen atoms in total. The number of H-pyrrole nitrogens is 1. The molecular formula is C12H10BrN3O. The summed E-state index contributed by atoms with van der Waals surface area (Å²) in [4.78, 5) is 12.0. The van der Waals surface area contributed by atoms with Crippen LogP contribution >= 0.6 is 15.9 Å². The lowest BCUT2D eigenvalue weighted by Gasteiger charge is -1.94. The third-order valence-electron chi connectivity index (χ3n) is 2.63. The molecule has 0 amide bonds. The van der Waals surface area contributed by atoms with Gasteiger partial charge in [-0.2, -0.15) is 0 Å². The normalized spacial score (nSPS) is 11.2. The number of rotatable bonds is 2. The number of imidazole rings is 1. The monoisotopic (exact) mass is 291 g/mol. The first-order valence-corrected chi connectivity index (χ1v) is 6.15. The van der Waals surface area contributed by atoms with Crippen molar-refractivity contribution in [1.82, 2.24) is 15.0 Å². The highest BCUT2D eigenvalue weighted by Crippen LogP contribution is 2.25. The third-order valence-corrected chi connectivity index (χ3v) is 3.06. The predicted molar refractivity (Wildman–Crippen MR) is 68.7 cm³/mol. The fraction of sp³-hybridized carbons (Fsp3) is 0.167. The zero-order valence-electron chi connectivity index (χ0n) is 9.20. The molecule has 5 heteroatoms. The summed E-state index contributed by atoms with van der Waals surface area (Å²) in [6.07, 6.45) is 4.27. The minimum Gasteiger partial charge on any atom is -0.469 e. The van der Waals surface area contributed by atoms with Crippen LogP contribution in [0.15, 0.2) is 33.5 Å². The molecular weight excluding hydrogens is 282 g/mol. The van der Waals surface area contributed by atoms with E-state index in [2.05, 4.69) is 37.8 Å². The van der Waals surface area contributed by atoms with Crippen LogP contribution in [-0.4, -0.2) is 15.0 Å². The van der Waals surface area contributed by atoms with Crippen LogP contribution in [0.5, 0.6) is 0 Å². The van der Waals surface area contributed by atoms with Crippen LogP contribution < -0.4 is 0 Å². The number of furan rings is 1. The van der Waals surface area contributed by atoms with Crippen molar-refractivity contribution < 1.29 is 4.42 Å². The van der Waals surface area contributed by atoms with Crippen molar-refractivity contribution in [1.29, 1.82) is 0 Å². The Hall–Kier alpha value is -1.62. The van der Waals surface area contributed by atoms with Gasteiger partial charge in [-0.05, 0) is 28.1 Å². The van der Waals surface area contributed by atoms with E-state index in [0.29, 0.717) is 5.65 Å². The van der Waals surface area contributed by atoms with E-state index >= 15 is 0 Å². The molecule has 0 aliphatic carbocycles. The molecule has 3 heterocycles. The van der Waals surface area contributed by atoms with Gasteiger partial charge in [0.15, 0.2) is 5.65 Å². The maximum atomic E-state index is 5.40. The van der Waals surface area contributed by atoms with Crippen molar-refractivity contribution in [2.24, 2.45) is 0 Å². The Morgan fingerprint density at radius 2 is 2.35 bits per heavy atom. The highest BCUT2D eigenvalue weighted by Gasteiger charge is 2.12. The Kier molecular flexibility index (Phi) is 2.48. The van der Waals surface area contributed by atoms with Crippen LogP contribution in [0.2, 0.25) is 0 Å². The molecule has 0 aromatic carbocycles. The molecule has 0 unspecified atom stereocenters. The molecule has 3 aromatic heterocycles. The zero-order chi connectivity index (χ0) is 11.8. The number of fused-ring (bicyclic) bond motifs is 1. The highest BCUT2D eigenvalue weighted by atomic mass is 79.9. The van der Waals surface area contributed by atoms with Gasteiger partial charge in [-0.15, -0.1) is 0 Å². The lowest BCUT2D eigenvalue weighted by Crippen LogP contribution is -1.83. The van der Waals surface area contributed by atoms with Crippen LogP contribution in [0.25, 0.3) is 22.6 Å². The molecule has 0 saturated heterocycles. The third kappa shape index (κ3) is 1.76. The number of aryl methyl sites for hydroxylation is 1. The molecule has 0 aliphatic rings. The van der Waals surface area contributed by atoms with Gasteiger partial charge >= 0.3 is 0 Å². The number of aromatic amines is 1. The molecule has 0 atom stereocenters. The fourth-order valence-corrected chi connectivity index (χ4v) is 2.16. The number of nitrogens with zero attached hydrogens (tertiary/aromatic N) is 2. The average molecular weight is 292 g/mol. The highest BCUT2D eigenvalue weighted by molar-refractivity contribution is 9.10. The number of pyridine rings is 1. The zero-order valence-corrected chi connectivity index (χ0v) is 10.8. The maximum Gasteiger partial charge on any atom is 0.178 e. The second-order valence-electron chi connectivity index (χ2n) is 3.72. The van der Waals surface area contributed by atoms with Crippen molar-refractivity contribution in [2.45, 2.75) is 13.3 Å². The van der Waals surface area contributed by atoms with Gasteiger partial charge in [0.05, 0.1) is 17.3 Å². The lowest BCUT2D eigenvalue weighted by molar-refractivity contribution is 0.517. The van der Waals surface area contributed by atoms with Gasteiger partial charge in [0, 0.05) is 17.1 Å². The van der Waals surface area contributed by atoms with E-state index in [1.807, 2.05) is 12.1 Å². The molecule has 0 radical (unpaired) electrons. The van der Waals surface area contributed by atoms with E-state index in [9.17, 15) is 0 Å². The second-order valence-corrected chi connectivity index (χ2v) is 4.64. The number of halogens is 1. The Morgan fingerprint density at radius 1 is 1.47 bits per heavy atom. The van der Waals surface area contributed by atoms with Crippen LogP contribution in [0.3, 0.4) is 0 Å². The van der Waals surface area contributed by atoms with Crippen LogP contribution in [0, 0.1) is 0 Å². The summed E-state index contributed by atoms with van der Waals surface area (Å²) in [5.41, 5.74) is 2.63. The van der Waals surface area contributed by atoms with E-state index in [4.69, 9.17) is 4.42 Å². The summed E-state index contributed by atoms with van der Waals surface area (Å²) in [5, 5.41) is 0. The first kappa shape index (κ1) is 10.5. The molecule has 0 fully saturated rings. The minimum absolute atomic E-state index is 0.714. The van der Waals surface area contributed by atoms with Gasteiger partial charge in [-0.25, -0.2) is 9.97 Å². The van der Waals surface area contributed by atoms with Gasteiger partial charge in [0.2, 0.25) is 0 Å². The first-order valence-electron chi connectivity index (χ1n) is 5.36. The van der Waals surface area contributed by atoms with Crippen molar-refractivity contribution in [3.63, 3.8) is 0 Å². The summed E-state index contributed by atoms with van der Waals surface area (Å²) in [5.74, 6) is 1.74. The van der Waals surface area contributed by atoms with E-state index in [0.717, 1.165) is 33.6 Å². The molecule has 0 bridgehead atoms. The van der Waals surface area contributed by atoms with E-state index in [-0.39, 0.29) is 0 Å². The first-order chi connectivity index (χ1) is 8.28. The molecule has 3 aromatic rings. The topological polar surface area (TPSA) is 54.7 Å². The largest absolute Gasteiger partial charge is 0.469 e. The Balaban J connectivity index is 2.18. The van der Waals surface area contributed by atoms with E-state index in [1.54, 1.807) is 12.5 Å². The summed E-state index contributed by atoms with van der Waals surface area (Å²) < 4.78 is 6.33. The van der Waals surface area contributed by atoms with Crippen molar-refractivity contribution in [3.8, 4) is 11.4 Å². The van der Waals surface area contributed by atoms with Crippen LogP contribution in [0.1, 0.15) is 12.7 Å². The van der Waals surface area contributed by atoms with Gasteiger partial charge in [0.1, 0.15) is 11.6 Å². The maximum absolute atomic E-state index is 5.40. The molecule has 0 spiro atoms. The van der Waals surface area contributed by atoms with E-state index in [1.165, 1.54) is 0 Å². The number of aromatic nitrogens is 3. The van der Waals surface area contributed by atoms with Crippen molar-refractivity contribution in [2.75, 3.05) is 0 Å². The smallest absolute Gasteiger partial charge is 0.178 e. The summed E-state index contributed by atoms with van der Waals surface area (Å²) in [7, 11) is 0. The minimum atomic E-state index is 0.714. The molecule has 0 saturated carbocycles. The standard InChI is InChI=1S/C12H10BrN3O/c1-2-10-8(3-4-17-10)11-15-9-5-7(13)6-14-12(9)16-11/h3-6H,2H2,1H3,(H,14,15,16). The Labute approximate surface area is 106 Å². The van der Waals surface area contributed by atoms with Crippen molar-refractivity contribution >= 4 is 27.1 Å². The van der Waals surface area contributed by atoms with Crippen molar-refractivity contribution in [3.05, 3.63) is 34.8 Å². The van der Waals surface area contributed by atoms with Crippen LogP contribution in [-0.2, 0) is 6.42 Å². The molecule has 17 heavy (non-hydrogen) atoms. The van der Waals surface area contributed by atoms with Gasteiger partial charge in [-0.3, -0.25) is 0 Å². The van der Waals surface area contributed by atoms with E-state index < -0.39 is 0 Å². The van der Waals surface area contributed by atoms with Crippen LogP contribution in [0.4, 0.5) is 0 Å². The number of nitrogens with one attached hydrogen (secondary N) is 1. The lowest BCUT2D eigenvalue weighted by atomic mass is 10.2. The fourth-order valence-electron chi connectivity index (χ4n) is 1.83. The Bertz CT molecular complexity index is 671. The Morgan fingerprint density at radius 3 is 3.18 bits per heavy atom. The molecule has 86 valence electrons. The average Bonchev–Trinajstić information content (AvgIpc) is 2.93. The van der Waals surface area contributed by atoms with Gasteiger partial charge < -0.3 is 9.40 Å². The molecule has 0 aliphatic heterocycles. The molecule has 1 N–H and O–H groups in total. The number of hydrogen-bond donors (Lipinski definition) is 1. The predicted octanol–water partition coefficient (Wildman–Crippen LogP) is 3.54. The van der Waals surface area contributed by atoms with Gasteiger partial charge in [-0.1, -0.05) is 6.92 Å². The quantitative estimate of drug-likeness (QED) is 0.786.